The van der Waals surface area contributed by atoms with E-state index in [9.17, 15) is 9.59 Å². The summed E-state index contributed by atoms with van der Waals surface area (Å²) in [5, 5.41) is 8.81. The Kier molecular flexibility index (Phi) is 4.47. The Labute approximate surface area is 116 Å². The largest absolute Gasteiger partial charge is 0.478 e. The Balaban J connectivity index is 1.96. The zero-order chi connectivity index (χ0) is 13.8. The fourth-order valence-corrected chi connectivity index (χ4v) is 3.36. The van der Waals surface area contributed by atoms with E-state index in [1.807, 2.05) is 23.7 Å². The van der Waals surface area contributed by atoms with E-state index in [0.29, 0.717) is 12.5 Å². The predicted molar refractivity (Wildman–Crippen MR) is 75.6 cm³/mol. The van der Waals surface area contributed by atoms with Crippen molar-refractivity contribution in [1.82, 2.24) is 4.90 Å². The van der Waals surface area contributed by atoms with Crippen LogP contribution in [-0.4, -0.2) is 46.5 Å². The molecule has 102 valence electrons. The highest BCUT2D eigenvalue weighted by atomic mass is 32.2. The van der Waals surface area contributed by atoms with E-state index in [2.05, 4.69) is 0 Å². The first-order valence-corrected chi connectivity index (χ1v) is 7.39. The maximum Gasteiger partial charge on any atom is 0.335 e. The molecule has 1 saturated heterocycles. The number of thioether (sulfide) groups is 1. The van der Waals surface area contributed by atoms with Gasteiger partial charge in [-0.25, -0.2) is 4.79 Å². The Morgan fingerprint density at radius 3 is 2.58 bits per heavy atom. The zero-order valence-corrected chi connectivity index (χ0v) is 11.7. The van der Waals surface area contributed by atoms with Crippen LogP contribution in [0, 0.1) is 0 Å². The smallest absolute Gasteiger partial charge is 0.335 e. The van der Waals surface area contributed by atoms with Gasteiger partial charge >= 0.3 is 5.97 Å². The molecule has 0 spiro atoms. The van der Waals surface area contributed by atoms with Gasteiger partial charge in [-0.05, 0) is 29.9 Å². The maximum atomic E-state index is 12.1. The van der Waals surface area contributed by atoms with Crippen LogP contribution in [0.4, 0.5) is 0 Å². The number of nitrogens with zero attached hydrogens (tertiary/aromatic N) is 1. The number of rotatable bonds is 4. The van der Waals surface area contributed by atoms with E-state index in [1.54, 1.807) is 12.1 Å². The summed E-state index contributed by atoms with van der Waals surface area (Å²) in [6, 6.07) is 6.83. The SMILES string of the molecule is CN(C(=O)Cc1ccc(C(=O)O)cc1)C1CCSC1. The van der Waals surface area contributed by atoms with E-state index in [0.717, 1.165) is 23.5 Å². The number of carbonyl (C=O) groups excluding carboxylic acids is 1. The van der Waals surface area contributed by atoms with Crippen molar-refractivity contribution >= 4 is 23.6 Å². The number of carboxylic acids is 1. The Bertz CT molecular complexity index is 466. The molecule has 1 aromatic rings. The van der Waals surface area contributed by atoms with Gasteiger partial charge in [-0.1, -0.05) is 12.1 Å². The minimum atomic E-state index is -0.946. The number of carboxylic acid groups (broad SMARTS) is 1. The first kappa shape index (κ1) is 13.9. The lowest BCUT2D eigenvalue weighted by molar-refractivity contribution is -0.130. The quantitative estimate of drug-likeness (QED) is 0.914. The van der Waals surface area contributed by atoms with Crippen molar-refractivity contribution in [2.75, 3.05) is 18.6 Å². The van der Waals surface area contributed by atoms with Crippen molar-refractivity contribution in [3.63, 3.8) is 0 Å². The zero-order valence-electron chi connectivity index (χ0n) is 10.8. The third kappa shape index (κ3) is 3.50. The average molecular weight is 279 g/mol. The highest BCUT2D eigenvalue weighted by Crippen LogP contribution is 2.21. The third-order valence-electron chi connectivity index (χ3n) is 3.40. The van der Waals surface area contributed by atoms with E-state index in [1.165, 1.54) is 12.1 Å². The van der Waals surface area contributed by atoms with Crippen LogP contribution in [0.25, 0.3) is 0 Å². The molecule has 1 fully saturated rings. The number of amides is 1. The fourth-order valence-electron chi connectivity index (χ4n) is 2.10. The molecule has 0 bridgehead atoms. The molecule has 2 rings (SSSR count). The Morgan fingerprint density at radius 1 is 1.37 bits per heavy atom. The molecule has 1 N–H and O–H groups in total. The van der Waals surface area contributed by atoms with E-state index >= 15 is 0 Å². The highest BCUT2D eigenvalue weighted by Gasteiger charge is 2.23. The maximum absolute atomic E-state index is 12.1. The number of aromatic carboxylic acids is 1. The molecule has 0 saturated carbocycles. The molecule has 0 aliphatic carbocycles. The molecule has 1 atom stereocenters. The highest BCUT2D eigenvalue weighted by molar-refractivity contribution is 7.99. The molecule has 0 radical (unpaired) electrons. The van der Waals surface area contributed by atoms with E-state index in [4.69, 9.17) is 5.11 Å². The molecule has 1 heterocycles. The summed E-state index contributed by atoms with van der Waals surface area (Å²) < 4.78 is 0. The number of hydrogen-bond acceptors (Lipinski definition) is 3. The van der Waals surface area contributed by atoms with Crippen molar-refractivity contribution in [2.24, 2.45) is 0 Å². The molecule has 5 heteroatoms. The van der Waals surface area contributed by atoms with Crippen molar-refractivity contribution in [1.29, 1.82) is 0 Å². The van der Waals surface area contributed by atoms with E-state index in [-0.39, 0.29) is 11.5 Å². The van der Waals surface area contributed by atoms with Gasteiger partial charge in [0.05, 0.1) is 12.0 Å². The minimum Gasteiger partial charge on any atom is -0.478 e. The lowest BCUT2D eigenvalue weighted by Crippen LogP contribution is -2.37. The van der Waals surface area contributed by atoms with Gasteiger partial charge in [0.2, 0.25) is 5.91 Å². The van der Waals surface area contributed by atoms with Crippen molar-refractivity contribution in [3.8, 4) is 0 Å². The van der Waals surface area contributed by atoms with Gasteiger partial charge in [0.1, 0.15) is 0 Å². The standard InChI is InChI=1S/C14H17NO3S/c1-15(12-6-7-19-9-12)13(16)8-10-2-4-11(5-3-10)14(17)18/h2-5,12H,6-9H2,1H3,(H,17,18). The number of benzene rings is 1. The van der Waals surface area contributed by atoms with Crippen LogP contribution in [0.2, 0.25) is 0 Å². The summed E-state index contributed by atoms with van der Waals surface area (Å²) in [4.78, 5) is 24.7. The molecule has 1 aliphatic rings. The topological polar surface area (TPSA) is 57.6 Å². The van der Waals surface area contributed by atoms with Gasteiger partial charge in [-0.2, -0.15) is 11.8 Å². The van der Waals surface area contributed by atoms with Crippen molar-refractivity contribution in [3.05, 3.63) is 35.4 Å². The molecular formula is C14H17NO3S. The first-order chi connectivity index (χ1) is 9.08. The Hall–Kier alpha value is -1.49. The Morgan fingerprint density at radius 2 is 2.05 bits per heavy atom. The molecule has 1 aliphatic heterocycles. The second kappa shape index (κ2) is 6.10. The van der Waals surface area contributed by atoms with Gasteiger partial charge in [-0.15, -0.1) is 0 Å². The third-order valence-corrected chi connectivity index (χ3v) is 4.55. The fraction of sp³-hybridized carbons (Fsp3) is 0.429. The van der Waals surface area contributed by atoms with Crippen LogP contribution in [0.15, 0.2) is 24.3 Å². The van der Waals surface area contributed by atoms with Crippen molar-refractivity contribution < 1.29 is 14.7 Å². The monoisotopic (exact) mass is 279 g/mol. The molecule has 1 amide bonds. The molecule has 4 nitrogen and oxygen atoms in total. The van der Waals surface area contributed by atoms with Crippen LogP contribution in [0.3, 0.4) is 0 Å². The van der Waals surface area contributed by atoms with Crippen LogP contribution >= 0.6 is 11.8 Å². The van der Waals surface area contributed by atoms with Gasteiger partial charge in [0.15, 0.2) is 0 Å². The lowest BCUT2D eigenvalue weighted by Gasteiger charge is -2.23. The average Bonchev–Trinajstić information content (AvgIpc) is 2.92. The van der Waals surface area contributed by atoms with Gasteiger partial charge in [0, 0.05) is 18.8 Å². The van der Waals surface area contributed by atoms with Crippen LogP contribution in [-0.2, 0) is 11.2 Å². The summed E-state index contributed by atoms with van der Waals surface area (Å²) in [5.74, 6) is 1.28. The molecule has 1 aromatic carbocycles. The summed E-state index contributed by atoms with van der Waals surface area (Å²) >= 11 is 1.88. The molecule has 19 heavy (non-hydrogen) atoms. The van der Waals surface area contributed by atoms with Crippen LogP contribution in [0.5, 0.6) is 0 Å². The summed E-state index contributed by atoms with van der Waals surface area (Å²) in [6.45, 7) is 0. The number of likely N-dealkylation sites (N-methyl/N-ethyl adjacent to an activating group) is 1. The molecule has 0 aromatic heterocycles. The summed E-state index contributed by atoms with van der Waals surface area (Å²) in [7, 11) is 1.85. The minimum absolute atomic E-state index is 0.0931. The number of carbonyl (C=O) groups is 2. The summed E-state index contributed by atoms with van der Waals surface area (Å²) in [6.07, 6.45) is 1.39. The second-order valence-electron chi connectivity index (χ2n) is 4.70. The number of hydrogen-bond donors (Lipinski definition) is 1. The van der Waals surface area contributed by atoms with Crippen LogP contribution < -0.4 is 0 Å². The van der Waals surface area contributed by atoms with Gasteiger partial charge in [-0.3, -0.25) is 4.79 Å². The van der Waals surface area contributed by atoms with Crippen LogP contribution in [0.1, 0.15) is 22.3 Å². The van der Waals surface area contributed by atoms with E-state index < -0.39 is 5.97 Å². The summed E-state index contributed by atoms with van der Waals surface area (Å²) in [5.41, 5.74) is 1.10. The molecule has 1 unspecified atom stereocenters. The van der Waals surface area contributed by atoms with Gasteiger partial charge < -0.3 is 10.0 Å². The lowest BCUT2D eigenvalue weighted by atomic mass is 10.1. The predicted octanol–water partition coefficient (Wildman–Crippen LogP) is 1.89. The first-order valence-electron chi connectivity index (χ1n) is 6.23. The van der Waals surface area contributed by atoms with Gasteiger partial charge in [0.25, 0.3) is 0 Å². The second-order valence-corrected chi connectivity index (χ2v) is 5.85. The normalized spacial score (nSPS) is 18.3. The molecular weight excluding hydrogens is 262 g/mol. The van der Waals surface area contributed by atoms with Crippen molar-refractivity contribution in [2.45, 2.75) is 18.9 Å².